The van der Waals surface area contributed by atoms with Crippen LogP contribution in [0.2, 0.25) is 5.02 Å². The predicted molar refractivity (Wildman–Crippen MR) is 174 cm³/mol. The molecule has 43 heavy (non-hydrogen) atoms. The number of carbonyl (C=O) groups excluding carboxylic acids is 1. The van der Waals surface area contributed by atoms with Gasteiger partial charge in [-0.2, -0.15) is 11.8 Å². The minimum atomic E-state index is -1.03. The van der Waals surface area contributed by atoms with E-state index in [0.29, 0.717) is 29.4 Å². The number of ether oxygens (including phenoxy) is 1. The minimum absolute atomic E-state index is 0. The van der Waals surface area contributed by atoms with Crippen LogP contribution in [0.1, 0.15) is 85.9 Å². The molecule has 1 saturated carbocycles. The predicted octanol–water partition coefficient (Wildman–Crippen LogP) is 5.99. The van der Waals surface area contributed by atoms with E-state index < -0.39 is 17.9 Å². The number of nitrogens with one attached hydrogen (secondary N) is 1. The first-order valence-corrected chi connectivity index (χ1v) is 16.7. The molecule has 1 amide bonds. The molecule has 0 bridgehead atoms. The molecule has 0 heterocycles. The number of halogens is 1. The fourth-order valence-corrected chi connectivity index (χ4v) is 6.49. The quantitative estimate of drug-likeness (QED) is 0.218. The number of thioether (sulfide) groups is 1. The molecule has 0 saturated heterocycles. The minimum Gasteiger partial charge on any atom is -1.00 e. The Morgan fingerprint density at radius 2 is 1.79 bits per heavy atom. The Balaban J connectivity index is 0.00000337. The van der Waals surface area contributed by atoms with Crippen molar-refractivity contribution in [2.75, 3.05) is 12.0 Å². The van der Waals surface area contributed by atoms with Gasteiger partial charge in [-0.3, -0.25) is 4.79 Å². The largest absolute Gasteiger partial charge is 1.00 e. The van der Waals surface area contributed by atoms with Crippen LogP contribution in [0, 0.1) is 12.8 Å². The molecule has 0 aromatic heterocycles. The zero-order valence-corrected chi connectivity index (χ0v) is 27.2. The maximum atomic E-state index is 13.4. The maximum absolute atomic E-state index is 13.4. The van der Waals surface area contributed by atoms with E-state index in [9.17, 15) is 14.7 Å². The molecule has 5 nitrogen and oxygen atoms in total. The molecule has 0 aliphatic heterocycles. The van der Waals surface area contributed by atoms with Gasteiger partial charge in [0.1, 0.15) is 6.04 Å². The summed E-state index contributed by atoms with van der Waals surface area (Å²) in [5, 5.41) is 13.1. The third kappa shape index (κ3) is 10.4. The molecule has 0 spiro atoms. The third-order valence-corrected chi connectivity index (χ3v) is 9.09. The van der Waals surface area contributed by atoms with Gasteiger partial charge >= 0.3 is 24.8 Å². The van der Waals surface area contributed by atoms with Crippen LogP contribution >= 0.6 is 23.4 Å². The first-order valence-electron chi connectivity index (χ1n) is 14.9. The van der Waals surface area contributed by atoms with Gasteiger partial charge in [0.05, 0.1) is 12.7 Å². The number of hydrogen-bond acceptors (Lipinski definition) is 4. The Labute approximate surface area is 279 Å². The molecule has 226 valence electrons. The van der Waals surface area contributed by atoms with E-state index in [-0.39, 0.29) is 26.4 Å². The van der Waals surface area contributed by atoms with Gasteiger partial charge in [-0.1, -0.05) is 86.2 Å². The van der Waals surface area contributed by atoms with Gasteiger partial charge in [0.15, 0.2) is 0 Å². The van der Waals surface area contributed by atoms with E-state index in [0.717, 1.165) is 46.6 Å². The van der Waals surface area contributed by atoms with Gasteiger partial charge in [0.25, 0.3) is 5.91 Å². The molecule has 0 radical (unpaired) electrons. The summed E-state index contributed by atoms with van der Waals surface area (Å²) < 4.78 is 6.58. The van der Waals surface area contributed by atoms with Gasteiger partial charge in [-0.15, -0.1) is 0 Å². The number of carboxylic acid groups (broad SMARTS) is 1. The maximum Gasteiger partial charge on any atom is 1.00 e. The van der Waals surface area contributed by atoms with Crippen molar-refractivity contribution in [3.05, 3.63) is 94.0 Å². The fraction of sp³-hybridized carbons (Fsp3) is 0.429. The number of carboxylic acids is 1. The molecule has 4 rings (SSSR count). The van der Waals surface area contributed by atoms with Crippen LogP contribution in [-0.4, -0.2) is 35.0 Å². The van der Waals surface area contributed by atoms with Crippen LogP contribution in [0.5, 0.6) is 0 Å². The summed E-state index contributed by atoms with van der Waals surface area (Å²) >= 11 is 7.91. The zero-order chi connectivity index (χ0) is 29.9. The number of benzene rings is 3. The summed E-state index contributed by atoms with van der Waals surface area (Å²) in [6, 6.07) is 20.6. The van der Waals surface area contributed by atoms with Crippen molar-refractivity contribution in [1.29, 1.82) is 0 Å². The molecular formula is C35H43ClLiNO4S. The van der Waals surface area contributed by atoms with Crippen LogP contribution in [0.25, 0.3) is 11.1 Å². The zero-order valence-electron chi connectivity index (χ0n) is 26.6. The second-order valence-corrected chi connectivity index (χ2v) is 12.7. The number of rotatable bonds is 14. The van der Waals surface area contributed by atoms with Crippen molar-refractivity contribution < 1.29 is 39.7 Å². The van der Waals surface area contributed by atoms with Crippen molar-refractivity contribution in [2.45, 2.75) is 77.0 Å². The summed E-state index contributed by atoms with van der Waals surface area (Å²) in [7, 11) is 0. The van der Waals surface area contributed by atoms with E-state index in [1.54, 1.807) is 17.8 Å². The van der Waals surface area contributed by atoms with Gasteiger partial charge in [-0.25, -0.2) is 4.79 Å². The molecule has 8 heteroatoms. The summed E-state index contributed by atoms with van der Waals surface area (Å²) in [4.78, 5) is 25.3. The number of carbonyl (C=O) groups is 2. The molecule has 1 aliphatic carbocycles. The van der Waals surface area contributed by atoms with Gasteiger partial charge in [0, 0.05) is 10.6 Å². The Morgan fingerprint density at radius 3 is 2.49 bits per heavy atom. The summed E-state index contributed by atoms with van der Waals surface area (Å²) in [6.45, 7) is 2.40. The van der Waals surface area contributed by atoms with E-state index in [1.807, 2.05) is 67.8 Å². The number of aryl methyl sites for hydroxylation is 1. The first-order chi connectivity index (χ1) is 20.4. The average molecular weight is 616 g/mol. The number of hydrogen-bond donors (Lipinski definition) is 2. The standard InChI is InChI=1S/C35H42ClNO4S.Li.H/c1-24-9-6-7-14-29(24)31-21-26(15-17-30(31)34(38)37-32(35(39)40)19-20-42-2)23-41-33(27-12-8-13-28(36)22-27)18-16-25-10-4-3-5-11-25;;/h6-9,12-15,17,21-22,25,32-33H,3-5,10-11,16,18-20,23H2,1-2H3,(H,37,38)(H,39,40);;/q;+1;-1. The smallest absolute Gasteiger partial charge is 1.00 e. The van der Waals surface area contributed by atoms with Crippen LogP contribution < -0.4 is 24.2 Å². The van der Waals surface area contributed by atoms with E-state index in [4.69, 9.17) is 16.3 Å². The topological polar surface area (TPSA) is 75.6 Å². The number of aliphatic carboxylic acids is 1. The van der Waals surface area contributed by atoms with Crippen LogP contribution in [-0.2, 0) is 16.1 Å². The normalized spacial score (nSPS) is 14.9. The Hall–Kier alpha value is -2.20. The van der Waals surface area contributed by atoms with Gasteiger partial charge in [0.2, 0.25) is 0 Å². The fourth-order valence-electron chi connectivity index (χ4n) is 5.82. The SMILES string of the molecule is CSCCC(NC(=O)c1ccc(COC(CCC2CCCCC2)c2cccc(Cl)c2)cc1-c1ccccc1C)C(=O)O.[H-].[Li+]. The monoisotopic (exact) mass is 615 g/mol. The van der Waals surface area contributed by atoms with Crippen molar-refractivity contribution in [2.24, 2.45) is 5.92 Å². The van der Waals surface area contributed by atoms with E-state index >= 15 is 0 Å². The van der Waals surface area contributed by atoms with Crippen molar-refractivity contribution in [3.63, 3.8) is 0 Å². The number of amides is 1. The Bertz CT molecular complexity index is 1350. The van der Waals surface area contributed by atoms with Crippen LogP contribution in [0.3, 0.4) is 0 Å². The molecule has 2 atom stereocenters. The molecule has 3 aromatic rings. The molecule has 1 aliphatic rings. The Kier molecular flexibility index (Phi) is 14.7. The van der Waals surface area contributed by atoms with Gasteiger partial charge < -0.3 is 16.6 Å². The Morgan fingerprint density at radius 1 is 1.02 bits per heavy atom. The second kappa shape index (κ2) is 17.9. The summed E-state index contributed by atoms with van der Waals surface area (Å²) in [5.41, 5.74) is 5.22. The van der Waals surface area contributed by atoms with Crippen molar-refractivity contribution >= 4 is 35.2 Å². The van der Waals surface area contributed by atoms with Crippen molar-refractivity contribution in [3.8, 4) is 11.1 Å². The van der Waals surface area contributed by atoms with E-state index in [1.165, 1.54) is 32.1 Å². The molecule has 2 unspecified atom stereocenters. The molecule has 3 aromatic carbocycles. The van der Waals surface area contributed by atoms with Crippen molar-refractivity contribution in [1.82, 2.24) is 5.32 Å². The van der Waals surface area contributed by atoms with Crippen LogP contribution in [0.4, 0.5) is 0 Å². The molecular weight excluding hydrogens is 573 g/mol. The van der Waals surface area contributed by atoms with Gasteiger partial charge in [-0.05, 0) is 96.2 Å². The second-order valence-electron chi connectivity index (χ2n) is 11.3. The average Bonchev–Trinajstić information content (AvgIpc) is 2.99. The third-order valence-electron chi connectivity index (χ3n) is 8.21. The molecule has 2 N–H and O–H groups in total. The summed E-state index contributed by atoms with van der Waals surface area (Å²) in [6.07, 6.45) is 10.8. The first kappa shape index (κ1) is 35.3. The summed E-state index contributed by atoms with van der Waals surface area (Å²) in [5.74, 6) is -0.0223. The van der Waals surface area contributed by atoms with Crippen LogP contribution in [0.15, 0.2) is 66.7 Å². The molecule has 1 fully saturated rings. The van der Waals surface area contributed by atoms with E-state index in [2.05, 4.69) is 11.4 Å².